The molecule has 7 rings (SSSR count). The first-order chi connectivity index (χ1) is 18.8. The minimum absolute atomic E-state index is 0.109. The molecule has 0 fully saturated rings. The quantitative estimate of drug-likeness (QED) is 0.239. The minimum atomic E-state index is 0.109. The van der Waals surface area contributed by atoms with Gasteiger partial charge in [-0.25, -0.2) is 0 Å². The summed E-state index contributed by atoms with van der Waals surface area (Å²) in [4.78, 5) is 5.45. The molecule has 0 saturated carbocycles. The number of benzene rings is 4. The van der Waals surface area contributed by atoms with Crippen molar-refractivity contribution < 1.29 is 0 Å². The van der Waals surface area contributed by atoms with Gasteiger partial charge in [0.05, 0.1) is 23.0 Å². The summed E-state index contributed by atoms with van der Waals surface area (Å²) in [6.07, 6.45) is 9.96. The number of aryl methyl sites for hydroxylation is 1. The lowest BCUT2D eigenvalue weighted by molar-refractivity contribution is 0.711. The molecular weight excluding hydrogens is 460 g/mol. The average molecular weight is 491 g/mol. The number of nitrogens with zero attached hydrogens (tertiary/aromatic N) is 2. The molecule has 38 heavy (non-hydrogen) atoms. The van der Waals surface area contributed by atoms with E-state index >= 15 is 0 Å². The summed E-state index contributed by atoms with van der Waals surface area (Å²) in [5, 5.41) is 1.32. The molecule has 5 aromatic rings. The van der Waals surface area contributed by atoms with Crippen LogP contribution < -0.4 is 0 Å². The number of aromatic nitrogens is 1. The van der Waals surface area contributed by atoms with Crippen molar-refractivity contribution in [2.75, 3.05) is 0 Å². The first-order valence-electron chi connectivity index (χ1n) is 13.6. The second kappa shape index (κ2) is 9.46. The molecule has 2 nitrogen and oxygen atoms in total. The zero-order chi connectivity index (χ0) is 25.5. The zero-order valence-electron chi connectivity index (χ0n) is 21.6. The predicted molar refractivity (Wildman–Crippen MR) is 159 cm³/mol. The van der Waals surface area contributed by atoms with E-state index in [9.17, 15) is 0 Å². The van der Waals surface area contributed by atoms with Crippen LogP contribution in [0.3, 0.4) is 0 Å². The molecular formula is C36H30N2. The van der Waals surface area contributed by atoms with Crippen molar-refractivity contribution in [2.24, 2.45) is 4.99 Å². The molecule has 4 aromatic carbocycles. The number of allylic oxidation sites excluding steroid dienone is 4. The molecule has 1 aliphatic carbocycles. The van der Waals surface area contributed by atoms with Crippen LogP contribution in [0.25, 0.3) is 27.7 Å². The third kappa shape index (κ3) is 3.94. The molecule has 0 saturated heterocycles. The van der Waals surface area contributed by atoms with Crippen LogP contribution in [-0.2, 0) is 6.42 Å². The van der Waals surface area contributed by atoms with E-state index in [0.717, 1.165) is 25.0 Å². The summed E-state index contributed by atoms with van der Waals surface area (Å²) in [6, 6.07) is 37.5. The highest BCUT2D eigenvalue weighted by molar-refractivity contribution is 6.18. The van der Waals surface area contributed by atoms with Gasteiger partial charge in [0.15, 0.2) is 0 Å². The Kier molecular flexibility index (Phi) is 5.66. The van der Waals surface area contributed by atoms with E-state index in [0.29, 0.717) is 0 Å². The van der Waals surface area contributed by atoms with Crippen LogP contribution >= 0.6 is 0 Å². The predicted octanol–water partition coefficient (Wildman–Crippen LogP) is 8.97. The smallest absolute Gasteiger partial charge is 0.0894 e. The lowest BCUT2D eigenvalue weighted by atomic mass is 9.89. The van der Waals surface area contributed by atoms with Gasteiger partial charge < -0.3 is 4.57 Å². The van der Waals surface area contributed by atoms with Crippen LogP contribution in [0.2, 0.25) is 0 Å². The molecule has 0 radical (unpaired) electrons. The highest BCUT2D eigenvalue weighted by Gasteiger charge is 2.30. The summed E-state index contributed by atoms with van der Waals surface area (Å²) >= 11 is 0. The van der Waals surface area contributed by atoms with Gasteiger partial charge in [-0.2, -0.15) is 0 Å². The largest absolute Gasteiger partial charge is 0.307 e. The normalized spacial score (nSPS) is 16.7. The first kappa shape index (κ1) is 22.7. The van der Waals surface area contributed by atoms with Crippen molar-refractivity contribution in [2.45, 2.75) is 32.2 Å². The van der Waals surface area contributed by atoms with Crippen molar-refractivity contribution in [1.82, 2.24) is 4.57 Å². The van der Waals surface area contributed by atoms with Crippen LogP contribution in [0.5, 0.6) is 0 Å². The number of fused-ring (bicyclic) bond motifs is 3. The Hall–Kier alpha value is -4.43. The number of rotatable bonds is 4. The molecule has 0 amide bonds. The summed E-state index contributed by atoms with van der Waals surface area (Å²) in [6.45, 7) is 2.13. The number of aliphatic imine (C=N–C) groups is 1. The SMILES string of the molecule is Cc1ccc(-c2ccc(-n3c4c(c5ccccc53)CC(c3ccccc3)N=C4C3=CCCC=C3)cc2)cc1. The van der Waals surface area contributed by atoms with Crippen LogP contribution in [-0.4, -0.2) is 10.3 Å². The maximum atomic E-state index is 5.45. The second-order valence-corrected chi connectivity index (χ2v) is 10.3. The molecule has 0 N–H and O–H groups in total. The third-order valence-electron chi connectivity index (χ3n) is 7.85. The van der Waals surface area contributed by atoms with Gasteiger partial charge in [0.2, 0.25) is 0 Å². The van der Waals surface area contributed by atoms with Gasteiger partial charge in [-0.05, 0) is 65.8 Å². The summed E-state index contributed by atoms with van der Waals surface area (Å²) in [5.74, 6) is 0. The molecule has 1 atom stereocenters. The van der Waals surface area contributed by atoms with Gasteiger partial charge in [0, 0.05) is 17.5 Å². The Bertz CT molecular complexity index is 1710. The van der Waals surface area contributed by atoms with Gasteiger partial charge in [-0.15, -0.1) is 0 Å². The maximum absolute atomic E-state index is 5.45. The Morgan fingerprint density at radius 2 is 1.45 bits per heavy atom. The number of para-hydroxylation sites is 1. The van der Waals surface area contributed by atoms with E-state index < -0.39 is 0 Å². The zero-order valence-corrected chi connectivity index (χ0v) is 21.6. The maximum Gasteiger partial charge on any atom is 0.0894 e. The average Bonchev–Trinajstić information content (AvgIpc) is 3.32. The Morgan fingerprint density at radius 1 is 0.737 bits per heavy atom. The second-order valence-electron chi connectivity index (χ2n) is 10.3. The molecule has 2 heterocycles. The van der Waals surface area contributed by atoms with Crippen LogP contribution in [0.1, 0.15) is 41.3 Å². The van der Waals surface area contributed by atoms with Crippen molar-refractivity contribution >= 4 is 16.6 Å². The summed E-state index contributed by atoms with van der Waals surface area (Å²) < 4.78 is 2.44. The lowest BCUT2D eigenvalue weighted by Crippen LogP contribution is -2.20. The fraction of sp³-hybridized carbons (Fsp3) is 0.139. The highest BCUT2D eigenvalue weighted by atomic mass is 15.0. The molecule has 184 valence electrons. The van der Waals surface area contributed by atoms with Gasteiger partial charge in [0.1, 0.15) is 0 Å². The molecule has 1 unspecified atom stereocenters. The fourth-order valence-electron chi connectivity index (χ4n) is 5.90. The Balaban J connectivity index is 1.42. The van der Waals surface area contributed by atoms with Crippen LogP contribution in [0.15, 0.2) is 132 Å². The topological polar surface area (TPSA) is 17.3 Å². The van der Waals surface area contributed by atoms with Crippen molar-refractivity contribution in [3.8, 4) is 16.8 Å². The minimum Gasteiger partial charge on any atom is -0.307 e. The number of hydrogen-bond acceptors (Lipinski definition) is 1. The Morgan fingerprint density at radius 3 is 2.18 bits per heavy atom. The standard InChI is InChI=1S/C36H30N2/c1-25-16-18-26(19-17-25)27-20-22-30(23-21-27)38-34-15-9-8-14-31(34)32-24-33(28-10-4-2-5-11-28)37-35(36(32)38)29-12-6-3-7-13-29/h2,4-6,8-23,33H,3,7,24H2,1H3. The fourth-order valence-corrected chi connectivity index (χ4v) is 5.90. The number of hydrogen-bond donors (Lipinski definition) is 0. The van der Waals surface area contributed by atoms with Gasteiger partial charge in [-0.3, -0.25) is 4.99 Å². The van der Waals surface area contributed by atoms with Gasteiger partial charge in [0.25, 0.3) is 0 Å². The monoisotopic (exact) mass is 490 g/mol. The van der Waals surface area contributed by atoms with E-state index in [2.05, 4.69) is 133 Å². The Labute approximate surface area is 224 Å². The first-order valence-corrected chi connectivity index (χ1v) is 13.6. The van der Waals surface area contributed by atoms with Crippen molar-refractivity contribution in [1.29, 1.82) is 0 Å². The summed E-state index contributed by atoms with van der Waals surface area (Å²) in [5.41, 5.74) is 12.4. The molecule has 1 aliphatic heterocycles. The van der Waals surface area contributed by atoms with E-state index in [1.54, 1.807) is 0 Å². The molecule has 1 aromatic heterocycles. The van der Waals surface area contributed by atoms with E-state index in [1.807, 2.05) is 0 Å². The summed E-state index contributed by atoms with van der Waals surface area (Å²) in [7, 11) is 0. The van der Waals surface area contributed by atoms with Crippen LogP contribution in [0, 0.1) is 6.92 Å². The van der Waals surface area contributed by atoms with Crippen LogP contribution in [0.4, 0.5) is 0 Å². The van der Waals surface area contributed by atoms with Crippen molar-refractivity contribution in [3.05, 3.63) is 149 Å². The van der Waals surface area contributed by atoms with E-state index in [1.165, 1.54) is 55.7 Å². The van der Waals surface area contributed by atoms with Gasteiger partial charge in [-0.1, -0.05) is 109 Å². The highest BCUT2D eigenvalue weighted by Crippen LogP contribution is 2.40. The van der Waals surface area contributed by atoms with Gasteiger partial charge >= 0.3 is 0 Å². The molecule has 0 bridgehead atoms. The van der Waals surface area contributed by atoms with Crippen molar-refractivity contribution in [3.63, 3.8) is 0 Å². The molecule has 2 aliphatic rings. The van der Waals surface area contributed by atoms with E-state index in [-0.39, 0.29) is 6.04 Å². The van der Waals surface area contributed by atoms with E-state index in [4.69, 9.17) is 4.99 Å². The third-order valence-corrected chi connectivity index (χ3v) is 7.85. The molecule has 2 heteroatoms. The lowest BCUT2D eigenvalue weighted by Gasteiger charge is -2.25. The molecule has 0 spiro atoms.